The smallest absolute Gasteiger partial charge is 0.0702 e. The zero-order chi connectivity index (χ0) is 13.5. The summed E-state index contributed by atoms with van der Waals surface area (Å²) in [5, 5.41) is 4.62. The number of hydrogen-bond donors (Lipinski definition) is 1. The zero-order valence-corrected chi connectivity index (χ0v) is 11.7. The van der Waals surface area contributed by atoms with Crippen molar-refractivity contribution in [1.29, 1.82) is 0 Å². The lowest BCUT2D eigenvalue weighted by atomic mass is 10.0. The Balaban J connectivity index is 1.89. The fourth-order valence-electron chi connectivity index (χ4n) is 2.23. The van der Waals surface area contributed by atoms with Crippen molar-refractivity contribution in [2.24, 2.45) is 5.92 Å². The van der Waals surface area contributed by atoms with E-state index in [2.05, 4.69) is 41.5 Å². The normalized spacial score (nSPS) is 12.7. The van der Waals surface area contributed by atoms with Gasteiger partial charge in [0.1, 0.15) is 0 Å². The van der Waals surface area contributed by atoms with Crippen molar-refractivity contribution >= 4 is 10.9 Å². The molecular weight excluding hydrogens is 236 g/mol. The molecule has 0 aliphatic carbocycles. The van der Waals surface area contributed by atoms with E-state index < -0.39 is 0 Å². The molecule has 102 valence electrons. The van der Waals surface area contributed by atoms with Crippen LogP contribution in [0.1, 0.15) is 12.5 Å². The van der Waals surface area contributed by atoms with Crippen LogP contribution in [0.5, 0.6) is 0 Å². The second-order valence-corrected chi connectivity index (χ2v) is 5.04. The predicted molar refractivity (Wildman–Crippen MR) is 79.4 cm³/mol. The van der Waals surface area contributed by atoms with E-state index in [4.69, 9.17) is 4.74 Å². The maximum atomic E-state index is 5.02. The summed E-state index contributed by atoms with van der Waals surface area (Å²) in [5.74, 6) is 0.597. The van der Waals surface area contributed by atoms with E-state index in [0.29, 0.717) is 5.92 Å². The third-order valence-electron chi connectivity index (χ3n) is 3.21. The van der Waals surface area contributed by atoms with Gasteiger partial charge in [-0.25, -0.2) is 0 Å². The molecule has 1 heterocycles. The van der Waals surface area contributed by atoms with Gasteiger partial charge in [-0.05, 0) is 36.6 Å². The van der Waals surface area contributed by atoms with Gasteiger partial charge in [-0.2, -0.15) is 0 Å². The van der Waals surface area contributed by atoms with E-state index in [1.54, 1.807) is 7.11 Å². The number of para-hydroxylation sites is 1. The number of ether oxygens (including phenoxy) is 1. The van der Waals surface area contributed by atoms with Gasteiger partial charge < -0.3 is 10.1 Å². The summed E-state index contributed by atoms with van der Waals surface area (Å²) in [4.78, 5) is 4.50. The lowest BCUT2D eigenvalue weighted by molar-refractivity contribution is 0.198. The first-order chi connectivity index (χ1) is 9.29. The molecule has 19 heavy (non-hydrogen) atoms. The quantitative estimate of drug-likeness (QED) is 0.775. The monoisotopic (exact) mass is 258 g/mol. The Morgan fingerprint density at radius 2 is 2.16 bits per heavy atom. The van der Waals surface area contributed by atoms with Crippen molar-refractivity contribution in [3.63, 3.8) is 0 Å². The molecule has 0 saturated carbocycles. The van der Waals surface area contributed by atoms with Gasteiger partial charge >= 0.3 is 0 Å². The van der Waals surface area contributed by atoms with Crippen LogP contribution in [0.2, 0.25) is 0 Å². The molecule has 0 radical (unpaired) electrons. The van der Waals surface area contributed by atoms with E-state index in [1.165, 1.54) is 10.9 Å². The molecule has 1 N–H and O–H groups in total. The molecule has 0 aliphatic rings. The number of methoxy groups -OCH3 is 1. The Hall–Kier alpha value is -1.45. The number of hydrogen-bond acceptors (Lipinski definition) is 3. The molecule has 0 fully saturated rings. The molecule has 0 bridgehead atoms. The molecule has 0 amide bonds. The summed E-state index contributed by atoms with van der Waals surface area (Å²) in [6.07, 6.45) is 3.05. The molecule has 2 rings (SSSR count). The Bertz CT molecular complexity index is 513. The lowest BCUT2D eigenvalue weighted by Crippen LogP contribution is -2.25. The van der Waals surface area contributed by atoms with Crippen molar-refractivity contribution in [3.05, 3.63) is 42.1 Å². The number of nitrogens with one attached hydrogen (secondary N) is 1. The van der Waals surface area contributed by atoms with Crippen LogP contribution >= 0.6 is 0 Å². The summed E-state index contributed by atoms with van der Waals surface area (Å²) in [5.41, 5.74) is 2.37. The largest absolute Gasteiger partial charge is 0.383 e. The fraction of sp³-hybridized carbons (Fsp3) is 0.438. The highest BCUT2D eigenvalue weighted by atomic mass is 16.5. The number of pyridine rings is 1. The number of aromatic nitrogens is 1. The van der Waals surface area contributed by atoms with E-state index >= 15 is 0 Å². The van der Waals surface area contributed by atoms with Crippen LogP contribution in [-0.4, -0.2) is 31.8 Å². The van der Waals surface area contributed by atoms with Crippen molar-refractivity contribution in [2.45, 2.75) is 13.3 Å². The van der Waals surface area contributed by atoms with E-state index in [1.807, 2.05) is 12.3 Å². The third kappa shape index (κ3) is 4.30. The van der Waals surface area contributed by atoms with Crippen molar-refractivity contribution < 1.29 is 4.74 Å². The highest BCUT2D eigenvalue weighted by molar-refractivity contribution is 5.78. The van der Waals surface area contributed by atoms with E-state index in [9.17, 15) is 0 Å². The second-order valence-electron chi connectivity index (χ2n) is 5.04. The van der Waals surface area contributed by atoms with Gasteiger partial charge in [0, 0.05) is 25.2 Å². The van der Waals surface area contributed by atoms with Crippen LogP contribution in [0.25, 0.3) is 10.9 Å². The Kier molecular flexibility index (Phi) is 5.31. The first kappa shape index (κ1) is 14.0. The van der Waals surface area contributed by atoms with Crippen LogP contribution in [0.3, 0.4) is 0 Å². The molecule has 1 unspecified atom stereocenters. The second kappa shape index (κ2) is 7.22. The van der Waals surface area contributed by atoms with Gasteiger partial charge in [-0.1, -0.05) is 25.1 Å². The Morgan fingerprint density at radius 1 is 1.32 bits per heavy atom. The van der Waals surface area contributed by atoms with Crippen LogP contribution in [0, 0.1) is 5.92 Å². The summed E-state index contributed by atoms with van der Waals surface area (Å²) in [6.45, 7) is 4.95. The van der Waals surface area contributed by atoms with Gasteiger partial charge in [-0.3, -0.25) is 4.98 Å². The molecular formula is C16H22N2O. The van der Waals surface area contributed by atoms with Crippen LogP contribution in [-0.2, 0) is 11.2 Å². The molecule has 0 saturated heterocycles. The summed E-state index contributed by atoms with van der Waals surface area (Å²) in [7, 11) is 1.73. The first-order valence-corrected chi connectivity index (χ1v) is 6.83. The van der Waals surface area contributed by atoms with Gasteiger partial charge in [0.15, 0.2) is 0 Å². The molecule has 1 aromatic carbocycles. The van der Waals surface area contributed by atoms with Gasteiger partial charge in [0.25, 0.3) is 0 Å². The first-order valence-electron chi connectivity index (χ1n) is 6.83. The Labute approximate surface area is 115 Å². The minimum atomic E-state index is 0.597. The van der Waals surface area contributed by atoms with Crippen LogP contribution < -0.4 is 5.32 Å². The standard InChI is InChI=1S/C16H22N2O/c1-13(11-17-7-8-19-2)9-14-10-15-5-3-4-6-16(15)18-12-14/h3-6,10,12-13,17H,7-9,11H2,1-2H3. The minimum Gasteiger partial charge on any atom is -0.383 e. The molecule has 3 heteroatoms. The molecule has 0 aliphatic heterocycles. The summed E-state index contributed by atoms with van der Waals surface area (Å²) < 4.78 is 5.02. The maximum Gasteiger partial charge on any atom is 0.0702 e. The van der Waals surface area contributed by atoms with Crippen molar-refractivity contribution in [1.82, 2.24) is 10.3 Å². The topological polar surface area (TPSA) is 34.1 Å². The molecule has 1 atom stereocenters. The van der Waals surface area contributed by atoms with Gasteiger partial charge in [-0.15, -0.1) is 0 Å². The van der Waals surface area contributed by atoms with E-state index in [0.717, 1.165) is 31.6 Å². The zero-order valence-electron chi connectivity index (χ0n) is 11.7. The Morgan fingerprint density at radius 3 is 3.00 bits per heavy atom. The molecule has 3 nitrogen and oxygen atoms in total. The lowest BCUT2D eigenvalue weighted by Gasteiger charge is -2.12. The minimum absolute atomic E-state index is 0.597. The third-order valence-corrected chi connectivity index (χ3v) is 3.21. The summed E-state index contributed by atoms with van der Waals surface area (Å²) in [6, 6.07) is 10.5. The molecule has 2 aromatic rings. The highest BCUT2D eigenvalue weighted by Crippen LogP contribution is 2.15. The van der Waals surface area contributed by atoms with Crippen LogP contribution in [0.15, 0.2) is 36.5 Å². The SMILES string of the molecule is COCCNCC(C)Cc1cnc2ccccc2c1. The maximum absolute atomic E-state index is 5.02. The highest BCUT2D eigenvalue weighted by Gasteiger charge is 2.04. The number of benzene rings is 1. The van der Waals surface area contributed by atoms with Gasteiger partial charge in [0.2, 0.25) is 0 Å². The number of rotatable bonds is 7. The van der Waals surface area contributed by atoms with Crippen LogP contribution in [0.4, 0.5) is 0 Å². The number of fused-ring (bicyclic) bond motifs is 1. The molecule has 0 spiro atoms. The predicted octanol–water partition coefficient (Wildman–Crippen LogP) is 2.65. The average Bonchev–Trinajstić information content (AvgIpc) is 2.43. The summed E-state index contributed by atoms with van der Waals surface area (Å²) >= 11 is 0. The number of nitrogens with zero attached hydrogens (tertiary/aromatic N) is 1. The molecule has 1 aromatic heterocycles. The van der Waals surface area contributed by atoms with Gasteiger partial charge in [0.05, 0.1) is 12.1 Å². The average molecular weight is 258 g/mol. The van der Waals surface area contributed by atoms with Crippen molar-refractivity contribution in [2.75, 3.05) is 26.8 Å². The van der Waals surface area contributed by atoms with Crippen molar-refractivity contribution in [3.8, 4) is 0 Å². The fourth-order valence-corrected chi connectivity index (χ4v) is 2.23. The van der Waals surface area contributed by atoms with E-state index in [-0.39, 0.29) is 0 Å².